The predicted octanol–water partition coefficient (Wildman–Crippen LogP) is 10.9. The Balaban J connectivity index is 1.23. The van der Waals surface area contributed by atoms with E-state index >= 15 is 0 Å². The van der Waals surface area contributed by atoms with Gasteiger partial charge in [-0.25, -0.2) is 0 Å². The molecule has 236 valence electrons. The number of unbranched alkanes of at least 4 members (excludes halogenated alkanes) is 19. The molecule has 42 heavy (non-hydrogen) atoms. The molecule has 3 rings (SSSR count). The highest BCUT2D eigenvalue weighted by Crippen LogP contribution is 2.41. The summed E-state index contributed by atoms with van der Waals surface area (Å²) < 4.78 is 33.8. The Morgan fingerprint density at radius 1 is 0.643 bits per heavy atom. The molecule has 0 aromatic heterocycles. The highest BCUT2D eigenvalue weighted by Gasteiger charge is 2.32. The van der Waals surface area contributed by atoms with Crippen molar-refractivity contribution in [2.75, 3.05) is 10.2 Å². The van der Waals surface area contributed by atoms with Gasteiger partial charge in [0.1, 0.15) is 4.90 Å². The smallest absolute Gasteiger partial charge is 0.296 e. The van der Waals surface area contributed by atoms with Gasteiger partial charge in [-0.3, -0.25) is 4.55 Å². The molecule has 1 aliphatic heterocycles. The van der Waals surface area contributed by atoms with Crippen molar-refractivity contribution in [3.63, 3.8) is 0 Å². The number of benzene rings is 2. The lowest BCUT2D eigenvalue weighted by Crippen LogP contribution is -2.35. The zero-order chi connectivity index (χ0) is 29.9. The van der Waals surface area contributed by atoms with E-state index in [1.165, 1.54) is 134 Å². The number of hydrogen-bond donors (Lipinski definition) is 2. The fourth-order valence-corrected chi connectivity index (χ4v) is 7.00. The van der Waals surface area contributed by atoms with E-state index in [1.807, 2.05) is 24.3 Å². The topological polar surface area (TPSA) is 69.6 Å². The Morgan fingerprint density at radius 2 is 1.12 bits per heavy atom. The second-order valence-corrected chi connectivity index (χ2v) is 13.8. The Hall–Kier alpha value is -2.05. The van der Waals surface area contributed by atoms with E-state index in [0.29, 0.717) is 12.2 Å². The van der Waals surface area contributed by atoms with E-state index in [2.05, 4.69) is 29.3 Å². The molecule has 5 nitrogen and oxygen atoms in total. The highest BCUT2D eigenvalue weighted by atomic mass is 32.2. The van der Waals surface area contributed by atoms with Crippen molar-refractivity contribution in [2.45, 2.75) is 159 Å². The average Bonchev–Trinajstić information content (AvgIpc) is 3.33. The molecule has 1 heterocycles. The molecule has 0 saturated heterocycles. The van der Waals surface area contributed by atoms with Gasteiger partial charge in [-0.15, -0.1) is 0 Å². The van der Waals surface area contributed by atoms with Crippen LogP contribution in [0.1, 0.15) is 147 Å². The summed E-state index contributed by atoms with van der Waals surface area (Å²) in [5, 5.41) is 3.43. The van der Waals surface area contributed by atoms with Crippen LogP contribution < -0.4 is 10.2 Å². The van der Waals surface area contributed by atoms with E-state index in [1.54, 1.807) is 6.07 Å². The zero-order valence-corrected chi connectivity index (χ0v) is 27.2. The molecule has 0 bridgehead atoms. The molecule has 0 spiro atoms. The first-order valence-corrected chi connectivity index (χ1v) is 18.6. The minimum absolute atomic E-state index is 0.0126. The molecule has 0 amide bonds. The normalized spacial score (nSPS) is 14.7. The van der Waals surface area contributed by atoms with E-state index in [9.17, 15) is 13.0 Å². The Bertz CT molecular complexity index is 1090. The lowest BCUT2D eigenvalue weighted by Gasteiger charge is -2.27. The standard InChI is InChI=1S/C36H58N2O3S/c1-2-3-4-5-6-7-8-9-10-11-12-13-14-15-16-17-18-19-20-24-30-35-37-36-33(28-25-29-34(36)42(39,40)41)38(35)31-32-26-22-21-23-27-32/h21-23,25-29,35,37H,2-20,24,30-31H2,1H3,(H,39,40,41). The average molecular weight is 599 g/mol. The maximum Gasteiger partial charge on any atom is 0.296 e. The number of para-hydroxylation sites is 1. The number of fused-ring (bicyclic) bond motifs is 1. The van der Waals surface area contributed by atoms with Gasteiger partial charge < -0.3 is 10.2 Å². The molecule has 0 fully saturated rings. The van der Waals surface area contributed by atoms with E-state index in [4.69, 9.17) is 0 Å². The van der Waals surface area contributed by atoms with Gasteiger partial charge in [0.25, 0.3) is 10.1 Å². The second kappa shape index (κ2) is 20.0. The van der Waals surface area contributed by atoms with Crippen LogP contribution in [-0.4, -0.2) is 19.1 Å². The van der Waals surface area contributed by atoms with Crippen molar-refractivity contribution >= 4 is 21.5 Å². The molecule has 2 aromatic carbocycles. The third kappa shape index (κ3) is 12.7. The molecular weight excluding hydrogens is 540 g/mol. The zero-order valence-electron chi connectivity index (χ0n) is 26.4. The number of anilines is 2. The number of nitrogens with one attached hydrogen (secondary N) is 1. The predicted molar refractivity (Wildman–Crippen MR) is 179 cm³/mol. The summed E-state index contributed by atoms with van der Waals surface area (Å²) in [6.45, 7) is 2.98. The van der Waals surface area contributed by atoms with Gasteiger partial charge in [-0.05, 0) is 30.5 Å². The molecule has 1 atom stereocenters. The fraction of sp³-hybridized carbons (Fsp3) is 0.667. The Morgan fingerprint density at radius 3 is 1.60 bits per heavy atom. The van der Waals surface area contributed by atoms with Crippen LogP contribution >= 0.6 is 0 Å². The quantitative estimate of drug-likeness (QED) is 0.0929. The minimum Gasteiger partial charge on any atom is -0.362 e. The van der Waals surface area contributed by atoms with Crippen molar-refractivity contribution in [1.82, 2.24) is 0 Å². The van der Waals surface area contributed by atoms with Gasteiger partial charge in [0.05, 0.1) is 17.5 Å². The monoisotopic (exact) mass is 598 g/mol. The maximum atomic E-state index is 12.0. The second-order valence-electron chi connectivity index (χ2n) is 12.4. The van der Waals surface area contributed by atoms with Crippen LogP contribution in [0, 0.1) is 0 Å². The van der Waals surface area contributed by atoms with Crippen LogP contribution in [0.3, 0.4) is 0 Å². The first-order valence-electron chi connectivity index (χ1n) is 17.2. The van der Waals surface area contributed by atoms with Crippen molar-refractivity contribution in [3.05, 3.63) is 54.1 Å². The van der Waals surface area contributed by atoms with Gasteiger partial charge in [-0.2, -0.15) is 8.42 Å². The van der Waals surface area contributed by atoms with Crippen molar-refractivity contribution in [3.8, 4) is 0 Å². The van der Waals surface area contributed by atoms with Crippen molar-refractivity contribution < 1.29 is 13.0 Å². The molecule has 2 N–H and O–H groups in total. The van der Waals surface area contributed by atoms with Gasteiger partial charge >= 0.3 is 0 Å². The maximum absolute atomic E-state index is 12.0. The van der Waals surface area contributed by atoms with Crippen molar-refractivity contribution in [1.29, 1.82) is 0 Å². The molecule has 1 aliphatic rings. The number of nitrogens with zero attached hydrogens (tertiary/aromatic N) is 1. The van der Waals surface area contributed by atoms with Crippen LogP contribution in [0.5, 0.6) is 0 Å². The molecule has 0 aliphatic carbocycles. The van der Waals surface area contributed by atoms with Crippen LogP contribution in [0.15, 0.2) is 53.4 Å². The molecule has 1 unspecified atom stereocenters. The van der Waals surface area contributed by atoms with E-state index < -0.39 is 10.1 Å². The number of hydrogen-bond acceptors (Lipinski definition) is 4. The van der Waals surface area contributed by atoms with Crippen LogP contribution in [-0.2, 0) is 16.7 Å². The van der Waals surface area contributed by atoms with Gasteiger partial charge in [0, 0.05) is 6.54 Å². The summed E-state index contributed by atoms with van der Waals surface area (Å²) in [6.07, 6.45) is 28.4. The van der Waals surface area contributed by atoms with Crippen molar-refractivity contribution in [2.24, 2.45) is 0 Å². The third-order valence-electron chi connectivity index (χ3n) is 8.81. The third-order valence-corrected chi connectivity index (χ3v) is 9.70. The lowest BCUT2D eigenvalue weighted by atomic mass is 10.0. The largest absolute Gasteiger partial charge is 0.362 e. The summed E-state index contributed by atoms with van der Waals surface area (Å²) in [7, 11) is -4.29. The summed E-state index contributed by atoms with van der Waals surface area (Å²) >= 11 is 0. The first kappa shape index (κ1) is 34.4. The minimum atomic E-state index is -4.29. The van der Waals surface area contributed by atoms with Crippen LogP contribution in [0.2, 0.25) is 0 Å². The first-order chi connectivity index (χ1) is 20.5. The molecular formula is C36H58N2O3S. The molecule has 0 saturated carbocycles. The van der Waals surface area contributed by atoms with Gasteiger partial charge in [0.15, 0.2) is 0 Å². The summed E-state index contributed by atoms with van der Waals surface area (Å²) in [4.78, 5) is 2.21. The highest BCUT2D eigenvalue weighted by molar-refractivity contribution is 7.86. The summed E-state index contributed by atoms with van der Waals surface area (Å²) in [5.41, 5.74) is 2.54. The number of rotatable bonds is 24. The molecule has 2 aromatic rings. The van der Waals surface area contributed by atoms with Gasteiger partial charge in [-0.1, -0.05) is 165 Å². The Kier molecular flexibility index (Phi) is 16.4. The van der Waals surface area contributed by atoms with Gasteiger partial charge in [0.2, 0.25) is 0 Å². The van der Waals surface area contributed by atoms with Crippen LogP contribution in [0.4, 0.5) is 11.4 Å². The SMILES string of the molecule is CCCCCCCCCCCCCCCCCCCCCCC1Nc2c(cccc2S(=O)(=O)O)N1Cc1ccccc1. The lowest BCUT2D eigenvalue weighted by molar-refractivity contribution is 0.483. The molecule has 6 heteroatoms. The van der Waals surface area contributed by atoms with Crippen LogP contribution in [0.25, 0.3) is 0 Å². The van der Waals surface area contributed by atoms with E-state index in [0.717, 1.165) is 18.5 Å². The Labute approximate surface area is 257 Å². The summed E-state index contributed by atoms with van der Waals surface area (Å²) in [5.74, 6) is 0. The van der Waals surface area contributed by atoms with E-state index in [-0.39, 0.29) is 11.1 Å². The molecule has 0 radical (unpaired) electrons. The summed E-state index contributed by atoms with van der Waals surface area (Å²) in [6, 6.07) is 15.4. The fourth-order valence-electron chi connectivity index (χ4n) is 6.33.